The Bertz CT molecular complexity index is 503. The maximum Gasteiger partial charge on any atom is 0.241 e. The number of allylic oxidation sites excluding steroid dienone is 1. The van der Waals surface area contributed by atoms with Crippen molar-refractivity contribution >= 4 is 10.0 Å². The van der Waals surface area contributed by atoms with Gasteiger partial charge in [-0.3, -0.25) is 0 Å². The monoisotopic (exact) mass is 251 g/mol. The smallest absolute Gasteiger partial charge is 0.207 e. The average Bonchev–Trinajstić information content (AvgIpc) is 2.30. The number of hydrogen-bond donors (Lipinski definition) is 1. The Morgan fingerprint density at radius 2 is 1.94 bits per heavy atom. The van der Waals surface area contributed by atoms with E-state index in [0.717, 1.165) is 24.8 Å². The minimum atomic E-state index is -3.38. The molecule has 1 N–H and O–H groups in total. The molecule has 0 unspecified atom stereocenters. The second-order valence-corrected chi connectivity index (χ2v) is 6.11. The third kappa shape index (κ3) is 3.17. The SMILES string of the molecule is Cc1ccc(S(=O)(=O)N[C@@H]2C=CCCC2)cc1. The number of sulfonamides is 1. The van der Waals surface area contributed by atoms with Crippen LogP contribution < -0.4 is 4.72 Å². The third-order valence-electron chi connectivity index (χ3n) is 2.89. The van der Waals surface area contributed by atoms with Gasteiger partial charge in [-0.2, -0.15) is 0 Å². The lowest BCUT2D eigenvalue weighted by Gasteiger charge is -2.18. The van der Waals surface area contributed by atoms with Gasteiger partial charge in [0.1, 0.15) is 0 Å². The van der Waals surface area contributed by atoms with Crippen LogP contribution in [0.4, 0.5) is 0 Å². The second-order valence-electron chi connectivity index (χ2n) is 4.40. The molecule has 0 spiro atoms. The Morgan fingerprint density at radius 3 is 2.53 bits per heavy atom. The van der Waals surface area contributed by atoms with Gasteiger partial charge >= 0.3 is 0 Å². The summed E-state index contributed by atoms with van der Waals surface area (Å²) in [6.07, 6.45) is 6.93. The van der Waals surface area contributed by atoms with E-state index < -0.39 is 10.0 Å². The molecule has 0 radical (unpaired) electrons. The first-order valence-electron chi connectivity index (χ1n) is 5.83. The molecule has 17 heavy (non-hydrogen) atoms. The van der Waals surface area contributed by atoms with E-state index >= 15 is 0 Å². The number of hydrogen-bond acceptors (Lipinski definition) is 2. The van der Waals surface area contributed by atoms with Crippen molar-refractivity contribution in [3.8, 4) is 0 Å². The largest absolute Gasteiger partial charge is 0.241 e. The van der Waals surface area contributed by atoms with Gasteiger partial charge in [-0.05, 0) is 38.3 Å². The fourth-order valence-electron chi connectivity index (χ4n) is 1.90. The van der Waals surface area contributed by atoms with Gasteiger partial charge in [0.25, 0.3) is 0 Å². The first kappa shape index (κ1) is 12.3. The summed E-state index contributed by atoms with van der Waals surface area (Å²) in [5.74, 6) is 0. The van der Waals surface area contributed by atoms with Crippen LogP contribution in [0.1, 0.15) is 24.8 Å². The number of nitrogens with one attached hydrogen (secondary N) is 1. The molecule has 1 aromatic carbocycles. The van der Waals surface area contributed by atoms with E-state index in [2.05, 4.69) is 4.72 Å². The standard InChI is InChI=1S/C13H17NO2S/c1-11-7-9-13(10-8-11)17(15,16)14-12-5-3-2-4-6-12/h3,5,7-10,12,14H,2,4,6H2,1H3/t12-/m1/s1. The second kappa shape index (κ2) is 5.02. The highest BCUT2D eigenvalue weighted by molar-refractivity contribution is 7.89. The molecule has 0 amide bonds. The third-order valence-corrected chi connectivity index (χ3v) is 4.40. The minimum absolute atomic E-state index is 0.0601. The Balaban J connectivity index is 2.15. The number of rotatable bonds is 3. The molecule has 1 aliphatic carbocycles. The first-order chi connectivity index (χ1) is 8.08. The molecule has 2 rings (SSSR count). The molecule has 4 heteroatoms. The van der Waals surface area contributed by atoms with Gasteiger partial charge < -0.3 is 0 Å². The van der Waals surface area contributed by atoms with Crippen LogP contribution in [0.15, 0.2) is 41.3 Å². The van der Waals surface area contributed by atoms with Crippen molar-refractivity contribution in [1.82, 2.24) is 4.72 Å². The lowest BCUT2D eigenvalue weighted by atomic mass is 10.0. The molecule has 0 aromatic heterocycles. The molecule has 0 heterocycles. The summed E-state index contributed by atoms with van der Waals surface area (Å²) in [5, 5.41) is 0. The summed E-state index contributed by atoms with van der Waals surface area (Å²) in [6.45, 7) is 1.94. The first-order valence-corrected chi connectivity index (χ1v) is 7.32. The van der Waals surface area contributed by atoms with Crippen LogP contribution in [0.3, 0.4) is 0 Å². The lowest BCUT2D eigenvalue weighted by molar-refractivity contribution is 0.549. The Kier molecular flexibility index (Phi) is 3.64. The molecule has 0 aliphatic heterocycles. The highest BCUT2D eigenvalue weighted by atomic mass is 32.2. The quantitative estimate of drug-likeness (QED) is 0.838. The van der Waals surface area contributed by atoms with Crippen LogP contribution in [-0.4, -0.2) is 14.5 Å². The van der Waals surface area contributed by atoms with Crippen molar-refractivity contribution in [3.63, 3.8) is 0 Å². The van der Waals surface area contributed by atoms with Crippen molar-refractivity contribution in [2.24, 2.45) is 0 Å². The van der Waals surface area contributed by atoms with E-state index in [4.69, 9.17) is 0 Å². The molecule has 0 fully saturated rings. The molecule has 0 saturated carbocycles. The molecule has 0 saturated heterocycles. The Labute approximate surface area is 103 Å². The molecular weight excluding hydrogens is 234 g/mol. The fourth-order valence-corrected chi connectivity index (χ4v) is 3.12. The van der Waals surface area contributed by atoms with Crippen LogP contribution in [0.25, 0.3) is 0 Å². The zero-order chi connectivity index (χ0) is 12.3. The summed E-state index contributed by atoms with van der Waals surface area (Å²) in [6, 6.07) is 6.85. The Hall–Kier alpha value is -1.13. The highest BCUT2D eigenvalue weighted by Crippen LogP contribution is 2.15. The fraction of sp³-hybridized carbons (Fsp3) is 0.385. The van der Waals surface area contributed by atoms with Crippen LogP contribution >= 0.6 is 0 Å². The van der Waals surface area contributed by atoms with Crippen molar-refractivity contribution in [2.75, 3.05) is 0 Å². The molecular formula is C13H17NO2S. The average molecular weight is 251 g/mol. The van der Waals surface area contributed by atoms with E-state index in [1.165, 1.54) is 0 Å². The van der Waals surface area contributed by atoms with Gasteiger partial charge in [0.05, 0.1) is 4.90 Å². The summed E-state index contributed by atoms with van der Waals surface area (Å²) in [4.78, 5) is 0.335. The van der Waals surface area contributed by atoms with Gasteiger partial charge in [-0.15, -0.1) is 0 Å². The van der Waals surface area contributed by atoms with E-state index in [1.807, 2.05) is 31.2 Å². The maximum absolute atomic E-state index is 12.1. The molecule has 0 bridgehead atoms. The van der Waals surface area contributed by atoms with Crippen LogP contribution in [0, 0.1) is 6.92 Å². The van der Waals surface area contributed by atoms with Crippen molar-refractivity contribution in [1.29, 1.82) is 0 Å². The summed E-state index contributed by atoms with van der Waals surface area (Å²) in [5.41, 5.74) is 1.06. The molecule has 3 nitrogen and oxygen atoms in total. The zero-order valence-corrected chi connectivity index (χ0v) is 10.7. The van der Waals surface area contributed by atoms with Gasteiger partial charge in [-0.1, -0.05) is 29.8 Å². The van der Waals surface area contributed by atoms with Crippen molar-refractivity contribution < 1.29 is 8.42 Å². The highest BCUT2D eigenvalue weighted by Gasteiger charge is 2.18. The summed E-state index contributed by atoms with van der Waals surface area (Å²) < 4.78 is 26.8. The number of aryl methyl sites for hydroxylation is 1. The van der Waals surface area contributed by atoms with Gasteiger partial charge in [-0.25, -0.2) is 13.1 Å². The molecule has 1 aromatic rings. The van der Waals surface area contributed by atoms with E-state index in [-0.39, 0.29) is 6.04 Å². The Morgan fingerprint density at radius 1 is 1.24 bits per heavy atom. The van der Waals surface area contributed by atoms with Crippen LogP contribution in [-0.2, 0) is 10.0 Å². The van der Waals surface area contributed by atoms with Crippen molar-refractivity contribution in [3.05, 3.63) is 42.0 Å². The van der Waals surface area contributed by atoms with Gasteiger partial charge in [0.2, 0.25) is 10.0 Å². The van der Waals surface area contributed by atoms with E-state index in [0.29, 0.717) is 4.90 Å². The molecule has 1 aliphatic rings. The predicted octanol–water partition coefficient (Wildman–Crippen LogP) is 2.38. The minimum Gasteiger partial charge on any atom is -0.207 e. The van der Waals surface area contributed by atoms with Gasteiger partial charge in [0, 0.05) is 6.04 Å². The maximum atomic E-state index is 12.1. The van der Waals surface area contributed by atoms with E-state index in [9.17, 15) is 8.42 Å². The molecule has 92 valence electrons. The van der Waals surface area contributed by atoms with Crippen molar-refractivity contribution in [2.45, 2.75) is 37.1 Å². The predicted molar refractivity (Wildman–Crippen MR) is 68.3 cm³/mol. The lowest BCUT2D eigenvalue weighted by Crippen LogP contribution is -2.34. The number of benzene rings is 1. The topological polar surface area (TPSA) is 46.2 Å². The van der Waals surface area contributed by atoms with Gasteiger partial charge in [0.15, 0.2) is 0 Å². The van der Waals surface area contributed by atoms with E-state index in [1.54, 1.807) is 12.1 Å². The summed E-state index contributed by atoms with van der Waals surface area (Å²) >= 11 is 0. The normalized spacial score (nSPS) is 20.4. The van der Waals surface area contributed by atoms with Crippen LogP contribution in [0.2, 0.25) is 0 Å². The van der Waals surface area contributed by atoms with Crippen LogP contribution in [0.5, 0.6) is 0 Å². The summed E-state index contributed by atoms with van der Waals surface area (Å²) in [7, 11) is -3.38. The zero-order valence-electron chi connectivity index (χ0n) is 9.89. The molecule has 1 atom stereocenters.